The molecule has 44 heteroatoms. The highest BCUT2D eigenvalue weighted by Gasteiger charge is 2.59. The normalized spacial score (nSPS) is 16.0. The fraction of sp³-hybridized carbons (Fsp3) is 0.513. The van der Waals surface area contributed by atoms with Gasteiger partial charge in [-0.2, -0.15) is 0 Å². The molecule has 1 aromatic heterocycles. The van der Waals surface area contributed by atoms with Gasteiger partial charge in [-0.15, -0.1) is 0 Å². The van der Waals surface area contributed by atoms with Crippen LogP contribution in [0.1, 0.15) is 93.3 Å². The average Bonchev–Trinajstić information content (AvgIpc) is 1.57. The van der Waals surface area contributed by atoms with Crippen LogP contribution in [0.2, 0.25) is 0 Å². The molecule has 8 rings (SSSR count). The molecule has 3 aromatic rings. The Morgan fingerprint density at radius 1 is 0.377 bits per heavy atom. The summed E-state index contributed by atoms with van der Waals surface area (Å²) < 4.78 is 127. The van der Waals surface area contributed by atoms with Crippen molar-refractivity contribution in [2.24, 2.45) is 0 Å². The van der Waals surface area contributed by atoms with Gasteiger partial charge in [0.25, 0.3) is 0 Å². The first-order valence-corrected chi connectivity index (χ1v) is 39.1. The molecular weight excluding hydrogens is 1640 g/mol. The van der Waals surface area contributed by atoms with Crippen molar-refractivity contribution in [1.82, 2.24) is 33.3 Å². The van der Waals surface area contributed by atoms with E-state index in [2.05, 4.69) is 66.8 Å². The highest BCUT2D eigenvalue weighted by atomic mass is 32.2. The van der Waals surface area contributed by atoms with Gasteiger partial charge < -0.3 is 109 Å². The number of carbonyl (C=O) groups is 9. The number of epoxide rings is 3. The fourth-order valence-corrected chi connectivity index (χ4v) is 10.6. The van der Waals surface area contributed by atoms with Crippen molar-refractivity contribution in [2.45, 2.75) is 71.0 Å². The summed E-state index contributed by atoms with van der Waals surface area (Å²) in [6.07, 6.45) is 7.95. The second kappa shape index (κ2) is 59.0. The smallest absolute Gasteiger partial charge is 0.339 e. The number of methoxy groups -OCH3 is 4. The highest BCUT2D eigenvalue weighted by molar-refractivity contribution is 7.78. The Morgan fingerprint density at radius 3 is 0.721 bits per heavy atom. The van der Waals surface area contributed by atoms with Crippen molar-refractivity contribution in [3.05, 3.63) is 191 Å². The molecule has 43 nitrogen and oxygen atoms in total. The molecule has 0 bridgehead atoms. The molecule has 4 atom stereocenters. The number of aromatic nitrogens is 3. The molecular formula is C78H110N8O35S. The molecule has 0 aliphatic carbocycles. The van der Waals surface area contributed by atoms with Gasteiger partial charge in [0, 0.05) is 28.4 Å². The standard InChI is InChI=1S/C26H30O12.C21H24O9.C12H22N4O6.C12H15N3O6.C6H15N.CH4O2S/c1-5-31-9-13-35-23(27)19-17-21(25(29)37-15-11-33-7-3)22(26(30)38-16-12-34-8-4)18-20(19)24(28)36-14-10-32-6-2;1-4-25-7-10-28-19(22)16-13-17(20(23)29-11-8-26-5-2)15-18(14-16)21(24)30-12-9-27-6-3;1-19-5-13-9-10(15(7-21-3)11(13)17)16(8-22-4)12(18)14(9)6-20-2;16-10-13(1-7-4-19-7)11(17)15(3-9-6-21-9)12(18)14(10)2-8-5-20-8;1-4-7(5-2)6-3;1-4(2)3/h5-8,17-18H,1-4,9-16H2;4-6,13-15H,1-3,7-12H2;9-10H,5-8H2,1-4H3;7-9H,1-6H2;4-6H2,1-3H3;1H3,(H,2,3). The Morgan fingerprint density at radius 2 is 0.566 bits per heavy atom. The van der Waals surface area contributed by atoms with E-state index in [-0.39, 0.29) is 208 Å². The number of esters is 7. The predicted octanol–water partition coefficient (Wildman–Crippen LogP) is 1.92. The SMILES string of the molecule is C=COCCOC(=O)c1cc(C(=O)OCCOC=C)c(C(=O)OCCOC=C)cc1C(=O)OCCOC=C.C=COCCOC(=O)c1cc(C(=O)OCCOC=C)cc(C(=O)OCCOC=C)c1.CC[NH+](CC)CC.COCN1C(=O)N(COC)C2C1N(COC)C(=O)N2COC.CS(=O)[O-].O=c1n(CC2CO2)c(=O)n(CC2CO2)c(=O)n1CC1CO1. The lowest BCUT2D eigenvalue weighted by Gasteiger charge is -2.28. The van der Waals surface area contributed by atoms with Crippen LogP contribution in [0.5, 0.6) is 0 Å². The van der Waals surface area contributed by atoms with Crippen molar-refractivity contribution in [3.8, 4) is 0 Å². The Kier molecular flexibility index (Phi) is 50.5. The van der Waals surface area contributed by atoms with Crippen LogP contribution >= 0.6 is 0 Å². The van der Waals surface area contributed by atoms with Gasteiger partial charge in [-0.1, -0.05) is 57.1 Å². The third-order valence-corrected chi connectivity index (χ3v) is 16.4. The molecule has 5 saturated heterocycles. The third-order valence-electron chi connectivity index (χ3n) is 16.4. The van der Waals surface area contributed by atoms with Crippen LogP contribution in [0.25, 0.3) is 0 Å². The maximum Gasteiger partial charge on any atom is 0.339 e. The number of benzene rings is 2. The minimum atomic E-state index is -1.86. The largest absolute Gasteiger partial charge is 0.773 e. The van der Waals surface area contributed by atoms with Crippen molar-refractivity contribution in [1.29, 1.82) is 0 Å². The first kappa shape index (κ1) is 104. The second-order valence-corrected chi connectivity index (χ2v) is 25.5. The van der Waals surface area contributed by atoms with Crippen LogP contribution in [-0.4, -0.2) is 320 Å². The summed E-state index contributed by atoms with van der Waals surface area (Å²) in [5, 5.41) is 0. The number of urea groups is 2. The number of quaternary nitrogens is 1. The number of amides is 4. The van der Waals surface area contributed by atoms with Gasteiger partial charge in [0.1, 0.15) is 119 Å². The van der Waals surface area contributed by atoms with Gasteiger partial charge in [-0.3, -0.25) is 23.8 Å². The minimum absolute atomic E-state index is 0.0106. The van der Waals surface area contributed by atoms with E-state index in [1.54, 1.807) is 4.90 Å². The molecule has 5 aliphatic rings. The molecule has 5 fully saturated rings. The summed E-state index contributed by atoms with van der Waals surface area (Å²) in [6.45, 7) is 35.9. The monoisotopic (exact) mass is 1750 g/mol. The van der Waals surface area contributed by atoms with Gasteiger partial charge in [0.2, 0.25) is 0 Å². The summed E-state index contributed by atoms with van der Waals surface area (Å²) in [5.74, 6) is -6.22. The molecule has 0 spiro atoms. The zero-order valence-electron chi connectivity index (χ0n) is 69.7. The number of nitrogens with zero attached hydrogens (tertiary/aromatic N) is 7. The molecule has 2 aromatic carbocycles. The third kappa shape index (κ3) is 36.3. The zero-order valence-corrected chi connectivity index (χ0v) is 70.5. The Balaban J connectivity index is 0.000000410. The molecule has 0 saturated carbocycles. The van der Waals surface area contributed by atoms with Gasteiger partial charge >= 0.3 is 70.9 Å². The summed E-state index contributed by atoms with van der Waals surface area (Å²) in [5.41, 5.74) is -3.31. The molecule has 4 unspecified atom stereocenters. The topological polar surface area (TPSA) is 481 Å². The Hall–Kier alpha value is -11.7. The van der Waals surface area contributed by atoms with E-state index >= 15 is 0 Å². The van der Waals surface area contributed by atoms with E-state index in [1.165, 1.54) is 105 Å². The van der Waals surface area contributed by atoms with E-state index < -0.39 is 82.3 Å². The summed E-state index contributed by atoms with van der Waals surface area (Å²) >= 11 is -1.86. The summed E-state index contributed by atoms with van der Waals surface area (Å²) in [7, 11) is 5.97. The van der Waals surface area contributed by atoms with E-state index in [9.17, 15) is 57.5 Å². The first-order valence-electron chi connectivity index (χ1n) is 37.6. The highest BCUT2D eigenvalue weighted by Crippen LogP contribution is 2.35. The maximum atomic E-state index is 12.8. The fourth-order valence-electron chi connectivity index (χ4n) is 10.6. The predicted molar refractivity (Wildman–Crippen MR) is 427 cm³/mol. The molecule has 5 aliphatic heterocycles. The van der Waals surface area contributed by atoms with Crippen LogP contribution in [0.3, 0.4) is 0 Å². The second-order valence-electron chi connectivity index (χ2n) is 24.7. The van der Waals surface area contributed by atoms with Crippen molar-refractivity contribution in [2.75, 3.05) is 194 Å². The van der Waals surface area contributed by atoms with E-state index in [4.69, 9.17) is 108 Å². The number of hydrogen-bond donors (Lipinski definition) is 1. The van der Waals surface area contributed by atoms with Gasteiger partial charge in [0.05, 0.1) is 160 Å². The van der Waals surface area contributed by atoms with E-state index in [1.807, 2.05) is 0 Å². The molecule has 4 amide bonds. The van der Waals surface area contributed by atoms with Crippen molar-refractivity contribution in [3.63, 3.8) is 0 Å². The molecule has 678 valence electrons. The van der Waals surface area contributed by atoms with Gasteiger partial charge in [-0.05, 0) is 57.4 Å². The van der Waals surface area contributed by atoms with E-state index in [0.717, 1.165) is 57.1 Å². The van der Waals surface area contributed by atoms with Crippen molar-refractivity contribution < 1.29 is 156 Å². The van der Waals surface area contributed by atoms with Crippen LogP contribution in [-0.2, 0) is 130 Å². The summed E-state index contributed by atoms with van der Waals surface area (Å²) in [6, 6.07) is 5.20. The minimum Gasteiger partial charge on any atom is -0.773 e. The molecule has 0 radical (unpaired) electrons. The van der Waals surface area contributed by atoms with E-state index in [0.29, 0.717) is 19.8 Å². The molecule has 122 heavy (non-hydrogen) atoms. The average molecular weight is 1750 g/mol. The summed E-state index contributed by atoms with van der Waals surface area (Å²) in [4.78, 5) is 158. The Bertz CT molecular complexity index is 3640. The Labute approximate surface area is 706 Å². The van der Waals surface area contributed by atoms with Gasteiger partial charge in [0.15, 0.2) is 12.3 Å². The number of rotatable bonds is 52. The maximum absolute atomic E-state index is 12.8. The lowest BCUT2D eigenvalue weighted by molar-refractivity contribution is -0.894. The number of nitrogens with one attached hydrogen (secondary N) is 1. The first-order chi connectivity index (χ1) is 58.8. The zero-order chi connectivity index (χ0) is 90.5. The van der Waals surface area contributed by atoms with Crippen LogP contribution in [0, 0.1) is 0 Å². The molecule has 1 N–H and O–H groups in total. The lowest BCUT2D eigenvalue weighted by Crippen LogP contribution is -3.11. The van der Waals surface area contributed by atoms with Crippen molar-refractivity contribution >= 4 is 64.9 Å². The number of ether oxygens (including phenoxy) is 21. The van der Waals surface area contributed by atoms with Crippen LogP contribution in [0.15, 0.2) is 135 Å². The van der Waals surface area contributed by atoms with Gasteiger partial charge in [-0.25, -0.2) is 71.2 Å². The lowest BCUT2D eigenvalue weighted by atomic mass is 9.98. The number of carbonyl (C=O) groups excluding carboxylic acids is 9. The number of fused-ring (bicyclic) bond motifs is 1. The number of hydrogen-bond acceptors (Lipinski definition) is 35. The quantitative estimate of drug-likeness (QED) is 0.0211. The van der Waals surface area contributed by atoms with Crippen LogP contribution < -0.4 is 22.0 Å². The van der Waals surface area contributed by atoms with Crippen LogP contribution in [0.4, 0.5) is 9.59 Å². The molecule has 6 heterocycles.